The van der Waals surface area contributed by atoms with Gasteiger partial charge >= 0.3 is 6.18 Å². The van der Waals surface area contributed by atoms with E-state index in [9.17, 15) is 21.6 Å². The quantitative estimate of drug-likeness (QED) is 0.543. The van der Waals surface area contributed by atoms with Crippen molar-refractivity contribution in [2.45, 2.75) is 44.3 Å². The van der Waals surface area contributed by atoms with Crippen LogP contribution in [0.3, 0.4) is 0 Å². The highest BCUT2D eigenvalue weighted by atomic mass is 32.2. The second-order valence-electron chi connectivity index (χ2n) is 7.12. The van der Waals surface area contributed by atoms with Gasteiger partial charge in [0.2, 0.25) is 10.0 Å². The van der Waals surface area contributed by atoms with Crippen LogP contribution in [0.15, 0.2) is 53.4 Å². The number of pyridine rings is 1. The van der Waals surface area contributed by atoms with E-state index in [0.29, 0.717) is 28.9 Å². The topological polar surface area (TPSA) is 71.1 Å². The first-order valence-corrected chi connectivity index (χ1v) is 10.9. The zero-order chi connectivity index (χ0) is 22.1. The van der Waals surface area contributed by atoms with Gasteiger partial charge in [0.1, 0.15) is 0 Å². The Morgan fingerprint density at radius 1 is 1.07 bits per heavy atom. The maximum atomic E-state index is 13.0. The van der Waals surface area contributed by atoms with Gasteiger partial charge in [0.25, 0.3) is 0 Å². The minimum absolute atomic E-state index is 0.138. The highest BCUT2D eigenvalue weighted by molar-refractivity contribution is 7.89. The Labute approximate surface area is 173 Å². The molecule has 3 rings (SSSR count). The van der Waals surface area contributed by atoms with Crippen LogP contribution in [0.1, 0.15) is 31.5 Å². The van der Waals surface area contributed by atoms with Crippen LogP contribution in [0.25, 0.3) is 10.9 Å². The lowest BCUT2D eigenvalue weighted by Crippen LogP contribution is -2.31. The number of aromatic nitrogens is 1. The van der Waals surface area contributed by atoms with Crippen LogP contribution in [0.2, 0.25) is 0 Å². The van der Waals surface area contributed by atoms with Crippen molar-refractivity contribution in [2.75, 3.05) is 5.32 Å². The van der Waals surface area contributed by atoms with E-state index in [1.54, 1.807) is 32.0 Å². The van der Waals surface area contributed by atoms with Crippen molar-refractivity contribution in [2.24, 2.45) is 0 Å². The van der Waals surface area contributed by atoms with E-state index in [2.05, 4.69) is 15.0 Å². The summed E-state index contributed by atoms with van der Waals surface area (Å²) in [6.07, 6.45) is -3.78. The minimum atomic E-state index is -4.45. The first-order chi connectivity index (χ1) is 14.0. The number of nitrogens with one attached hydrogen (secondary N) is 2. The Morgan fingerprint density at radius 2 is 1.73 bits per heavy atom. The molecule has 0 fully saturated rings. The van der Waals surface area contributed by atoms with Crippen molar-refractivity contribution in [3.05, 3.63) is 59.8 Å². The van der Waals surface area contributed by atoms with Gasteiger partial charge in [0.05, 0.1) is 16.0 Å². The first-order valence-electron chi connectivity index (χ1n) is 9.37. The SMILES string of the molecule is CCC(C)NS(=O)(=O)c1ccc(Nc2cc(C)nc3cc(C(F)(F)F)ccc23)cc1. The fourth-order valence-corrected chi connectivity index (χ4v) is 4.26. The van der Waals surface area contributed by atoms with Gasteiger partial charge in [-0.2, -0.15) is 13.2 Å². The van der Waals surface area contributed by atoms with E-state index in [-0.39, 0.29) is 16.5 Å². The smallest absolute Gasteiger partial charge is 0.355 e. The standard InChI is InChI=1S/C21H22F3N3O2S/c1-4-13(2)27-30(28,29)17-8-6-16(7-9-17)26-19-11-14(3)25-20-12-15(21(22,23)24)5-10-18(19)20/h5-13,27H,4H2,1-3H3,(H,25,26). The fourth-order valence-electron chi connectivity index (χ4n) is 2.93. The number of alkyl halides is 3. The van der Waals surface area contributed by atoms with Crippen molar-refractivity contribution in [1.82, 2.24) is 9.71 Å². The molecule has 0 aliphatic heterocycles. The number of fused-ring (bicyclic) bond motifs is 1. The van der Waals surface area contributed by atoms with Gasteiger partial charge in [-0.15, -0.1) is 0 Å². The Hall–Kier alpha value is -2.65. The molecule has 0 bridgehead atoms. The molecule has 3 aromatic rings. The Morgan fingerprint density at radius 3 is 2.33 bits per heavy atom. The third-order valence-corrected chi connectivity index (χ3v) is 6.28. The van der Waals surface area contributed by atoms with E-state index >= 15 is 0 Å². The summed E-state index contributed by atoms with van der Waals surface area (Å²) in [6.45, 7) is 5.37. The zero-order valence-corrected chi connectivity index (χ0v) is 17.5. The molecule has 9 heteroatoms. The predicted molar refractivity (Wildman–Crippen MR) is 111 cm³/mol. The summed E-state index contributed by atoms with van der Waals surface area (Å²) in [4.78, 5) is 4.34. The number of aryl methyl sites for hydroxylation is 1. The average Bonchev–Trinajstić information content (AvgIpc) is 2.66. The molecule has 1 aromatic heterocycles. The molecule has 0 spiro atoms. The van der Waals surface area contributed by atoms with Crippen LogP contribution in [-0.4, -0.2) is 19.4 Å². The van der Waals surface area contributed by atoms with Crippen LogP contribution < -0.4 is 10.0 Å². The van der Waals surface area contributed by atoms with Crippen LogP contribution in [-0.2, 0) is 16.2 Å². The molecule has 0 radical (unpaired) electrons. The Balaban J connectivity index is 1.91. The van der Waals surface area contributed by atoms with Crippen LogP contribution in [0.5, 0.6) is 0 Å². The highest BCUT2D eigenvalue weighted by Gasteiger charge is 2.30. The molecule has 0 saturated carbocycles. The lowest BCUT2D eigenvalue weighted by Gasteiger charge is -2.14. The molecule has 5 nitrogen and oxygen atoms in total. The number of halogens is 3. The van der Waals surface area contributed by atoms with E-state index in [4.69, 9.17) is 0 Å². The predicted octanol–water partition coefficient (Wildman–Crippen LogP) is 5.38. The number of anilines is 2. The molecule has 0 saturated heterocycles. The molecule has 1 atom stereocenters. The van der Waals surface area contributed by atoms with Crippen molar-refractivity contribution >= 4 is 32.3 Å². The maximum absolute atomic E-state index is 13.0. The molecule has 2 N–H and O–H groups in total. The maximum Gasteiger partial charge on any atom is 0.416 e. The van der Waals surface area contributed by atoms with E-state index in [0.717, 1.165) is 12.1 Å². The number of hydrogen-bond acceptors (Lipinski definition) is 4. The summed E-state index contributed by atoms with van der Waals surface area (Å²) in [5.41, 5.74) is 1.21. The lowest BCUT2D eigenvalue weighted by atomic mass is 10.1. The summed E-state index contributed by atoms with van der Waals surface area (Å²) < 4.78 is 66.3. The van der Waals surface area contributed by atoms with Crippen molar-refractivity contribution in [3.8, 4) is 0 Å². The molecule has 0 amide bonds. The van der Waals surface area contributed by atoms with Crippen LogP contribution in [0, 0.1) is 6.92 Å². The molecule has 1 unspecified atom stereocenters. The Bertz CT molecular complexity index is 1160. The van der Waals surface area contributed by atoms with Crippen LogP contribution >= 0.6 is 0 Å². The third kappa shape index (κ3) is 4.91. The molecule has 30 heavy (non-hydrogen) atoms. The molecule has 1 heterocycles. The van der Waals surface area contributed by atoms with Gasteiger partial charge in [-0.25, -0.2) is 13.1 Å². The number of sulfonamides is 1. The number of nitrogens with zero attached hydrogens (tertiary/aromatic N) is 1. The third-order valence-electron chi connectivity index (χ3n) is 4.68. The average molecular weight is 437 g/mol. The second-order valence-corrected chi connectivity index (χ2v) is 8.83. The molecule has 0 aliphatic rings. The van der Waals surface area contributed by atoms with E-state index < -0.39 is 21.8 Å². The minimum Gasteiger partial charge on any atom is -0.355 e. The Kier molecular flexibility index (Phi) is 6.05. The normalized spacial score (nSPS) is 13.4. The summed E-state index contributed by atoms with van der Waals surface area (Å²) in [7, 11) is -3.62. The summed E-state index contributed by atoms with van der Waals surface area (Å²) >= 11 is 0. The van der Waals surface area contributed by atoms with Crippen molar-refractivity contribution < 1.29 is 21.6 Å². The lowest BCUT2D eigenvalue weighted by molar-refractivity contribution is -0.137. The molecule has 160 valence electrons. The molecular formula is C21H22F3N3O2S. The molecule has 2 aromatic carbocycles. The highest BCUT2D eigenvalue weighted by Crippen LogP contribution is 2.34. The second kappa shape index (κ2) is 8.23. The summed E-state index contributed by atoms with van der Waals surface area (Å²) in [6, 6.07) is 11.1. The van der Waals surface area contributed by atoms with Gasteiger partial charge in [0.15, 0.2) is 0 Å². The van der Waals surface area contributed by atoms with Gasteiger partial charge in [-0.3, -0.25) is 4.98 Å². The van der Waals surface area contributed by atoms with Crippen molar-refractivity contribution in [1.29, 1.82) is 0 Å². The summed E-state index contributed by atoms with van der Waals surface area (Å²) in [5, 5.41) is 3.67. The monoisotopic (exact) mass is 437 g/mol. The zero-order valence-electron chi connectivity index (χ0n) is 16.7. The number of benzene rings is 2. The van der Waals surface area contributed by atoms with Gasteiger partial charge in [-0.05, 0) is 62.7 Å². The van der Waals surface area contributed by atoms with Crippen molar-refractivity contribution in [3.63, 3.8) is 0 Å². The van der Waals surface area contributed by atoms with Gasteiger partial charge in [0, 0.05) is 28.5 Å². The molecular weight excluding hydrogens is 415 g/mol. The van der Waals surface area contributed by atoms with Gasteiger partial charge in [-0.1, -0.05) is 13.0 Å². The number of rotatable bonds is 6. The first kappa shape index (κ1) is 22.0. The van der Waals surface area contributed by atoms with E-state index in [1.165, 1.54) is 18.2 Å². The van der Waals surface area contributed by atoms with Crippen LogP contribution in [0.4, 0.5) is 24.5 Å². The van der Waals surface area contributed by atoms with E-state index in [1.807, 2.05) is 6.92 Å². The fraction of sp³-hybridized carbons (Fsp3) is 0.286. The molecule has 0 aliphatic carbocycles. The van der Waals surface area contributed by atoms with Gasteiger partial charge < -0.3 is 5.32 Å². The number of hydrogen-bond donors (Lipinski definition) is 2. The largest absolute Gasteiger partial charge is 0.416 e. The summed E-state index contributed by atoms with van der Waals surface area (Å²) in [5.74, 6) is 0.